The molecule has 1 saturated heterocycles. The van der Waals surface area contributed by atoms with Crippen LogP contribution in [0, 0.1) is 11.6 Å². The first-order chi connectivity index (χ1) is 13.3. The van der Waals surface area contributed by atoms with Gasteiger partial charge in [-0.1, -0.05) is 37.6 Å². The highest BCUT2D eigenvalue weighted by molar-refractivity contribution is 6.11. The number of rotatable bonds is 6. The quantitative estimate of drug-likeness (QED) is 0.610. The van der Waals surface area contributed by atoms with Crippen LogP contribution in [0.1, 0.15) is 41.8 Å². The maximum atomic E-state index is 13.4. The minimum atomic E-state index is -1.30. The monoisotopic (exact) mass is 386 g/mol. The van der Waals surface area contributed by atoms with E-state index in [4.69, 9.17) is 0 Å². The van der Waals surface area contributed by atoms with Gasteiger partial charge in [0.05, 0.1) is 6.54 Å². The Morgan fingerprint density at radius 1 is 1.07 bits per heavy atom. The number of benzene rings is 2. The first kappa shape index (κ1) is 19.7. The zero-order valence-corrected chi connectivity index (χ0v) is 15.6. The average Bonchev–Trinajstić information content (AvgIpc) is 2.88. The summed E-state index contributed by atoms with van der Waals surface area (Å²) in [5.41, 5.74) is 0.318. The van der Waals surface area contributed by atoms with Gasteiger partial charge < -0.3 is 5.32 Å². The Kier molecular flexibility index (Phi) is 5.27. The van der Waals surface area contributed by atoms with Gasteiger partial charge in [-0.3, -0.25) is 14.5 Å². The van der Waals surface area contributed by atoms with Gasteiger partial charge in [0.25, 0.3) is 5.91 Å². The first-order valence-electron chi connectivity index (χ1n) is 8.98. The topological polar surface area (TPSA) is 66.5 Å². The molecule has 0 unspecified atom stereocenters. The number of hydrogen-bond acceptors (Lipinski definition) is 3. The maximum absolute atomic E-state index is 13.4. The summed E-state index contributed by atoms with van der Waals surface area (Å²) in [4.78, 5) is 38.4. The van der Waals surface area contributed by atoms with Crippen molar-refractivity contribution in [3.63, 3.8) is 0 Å². The fraction of sp³-hybridized carbons (Fsp3) is 0.286. The Morgan fingerprint density at radius 3 is 2.36 bits per heavy atom. The molecule has 1 N–H and O–H groups in total. The molecule has 2 aromatic rings. The van der Waals surface area contributed by atoms with Crippen LogP contribution in [0.25, 0.3) is 0 Å². The number of halogens is 2. The summed E-state index contributed by atoms with van der Waals surface area (Å²) in [5, 5.41) is 2.63. The second-order valence-corrected chi connectivity index (χ2v) is 6.95. The lowest BCUT2D eigenvalue weighted by Crippen LogP contribution is -2.41. The number of carbonyl (C=O) groups excluding carboxylic acids is 3. The van der Waals surface area contributed by atoms with Gasteiger partial charge in [0.1, 0.15) is 5.54 Å². The van der Waals surface area contributed by atoms with Crippen molar-refractivity contribution in [3.8, 4) is 0 Å². The SMILES string of the molecule is CCCc1ccc([C@]2(C)NC(=O)N(CC(=O)c3ccc(F)c(F)c3)C2=O)cc1. The van der Waals surface area contributed by atoms with E-state index in [0.717, 1.165) is 41.5 Å². The predicted molar refractivity (Wildman–Crippen MR) is 98.7 cm³/mol. The lowest BCUT2D eigenvalue weighted by molar-refractivity contribution is -0.130. The predicted octanol–water partition coefficient (Wildman–Crippen LogP) is 3.57. The lowest BCUT2D eigenvalue weighted by Gasteiger charge is -2.22. The second-order valence-electron chi connectivity index (χ2n) is 6.95. The Morgan fingerprint density at radius 2 is 1.75 bits per heavy atom. The highest BCUT2D eigenvalue weighted by atomic mass is 19.2. The number of urea groups is 1. The Balaban J connectivity index is 1.80. The second kappa shape index (κ2) is 7.50. The number of amides is 3. The fourth-order valence-corrected chi connectivity index (χ4v) is 3.23. The third-order valence-electron chi connectivity index (χ3n) is 4.89. The molecular weight excluding hydrogens is 366 g/mol. The van der Waals surface area contributed by atoms with E-state index in [-0.39, 0.29) is 5.56 Å². The van der Waals surface area contributed by atoms with E-state index in [2.05, 4.69) is 12.2 Å². The van der Waals surface area contributed by atoms with Crippen molar-refractivity contribution in [1.29, 1.82) is 0 Å². The van der Waals surface area contributed by atoms with Crippen LogP contribution in [-0.2, 0) is 16.8 Å². The number of hydrogen-bond donors (Lipinski definition) is 1. The van der Waals surface area contributed by atoms with E-state index in [1.54, 1.807) is 19.1 Å². The molecule has 1 atom stereocenters. The third kappa shape index (κ3) is 3.52. The molecule has 28 heavy (non-hydrogen) atoms. The van der Waals surface area contributed by atoms with E-state index in [1.807, 2.05) is 12.1 Å². The molecule has 0 aliphatic carbocycles. The van der Waals surface area contributed by atoms with Crippen LogP contribution < -0.4 is 5.32 Å². The van der Waals surface area contributed by atoms with Crippen molar-refractivity contribution in [2.45, 2.75) is 32.2 Å². The normalized spacial score (nSPS) is 19.1. The molecule has 3 amide bonds. The molecule has 1 heterocycles. The molecule has 3 rings (SSSR count). The highest BCUT2D eigenvalue weighted by Crippen LogP contribution is 2.29. The van der Waals surface area contributed by atoms with E-state index in [0.29, 0.717) is 5.56 Å². The molecule has 0 bridgehead atoms. The molecule has 0 spiro atoms. The molecule has 0 radical (unpaired) electrons. The van der Waals surface area contributed by atoms with Gasteiger partial charge in [-0.25, -0.2) is 13.6 Å². The first-order valence-corrected chi connectivity index (χ1v) is 8.98. The van der Waals surface area contributed by atoms with Crippen molar-refractivity contribution in [3.05, 3.63) is 70.8 Å². The standard InChI is InChI=1S/C21H20F2N2O3/c1-3-4-13-5-8-15(9-6-13)21(2)19(27)25(20(28)24-21)12-18(26)14-7-10-16(22)17(23)11-14/h5-11H,3-4,12H2,1-2H3,(H,24,28)/t21-/m0/s1. The molecule has 0 aromatic heterocycles. The number of Topliss-reactive ketones (excluding diaryl/α,β-unsaturated/α-hetero) is 1. The zero-order valence-electron chi connectivity index (χ0n) is 15.6. The van der Waals surface area contributed by atoms with Gasteiger partial charge in [0.15, 0.2) is 17.4 Å². The van der Waals surface area contributed by atoms with Crippen molar-refractivity contribution in [2.24, 2.45) is 0 Å². The van der Waals surface area contributed by atoms with Crippen LogP contribution in [-0.4, -0.2) is 29.2 Å². The van der Waals surface area contributed by atoms with Crippen LogP contribution in [0.5, 0.6) is 0 Å². The van der Waals surface area contributed by atoms with Gasteiger partial charge >= 0.3 is 6.03 Å². The molecule has 7 heteroatoms. The number of imide groups is 1. The van der Waals surface area contributed by atoms with Gasteiger partial charge in [-0.2, -0.15) is 0 Å². The van der Waals surface area contributed by atoms with Crippen molar-refractivity contribution >= 4 is 17.7 Å². The van der Waals surface area contributed by atoms with Gasteiger partial charge in [0.2, 0.25) is 0 Å². The summed E-state index contributed by atoms with van der Waals surface area (Å²) < 4.78 is 26.4. The smallest absolute Gasteiger partial charge is 0.319 e. The maximum Gasteiger partial charge on any atom is 0.325 e. The molecule has 146 valence electrons. The van der Waals surface area contributed by atoms with Crippen LogP contribution >= 0.6 is 0 Å². The number of ketones is 1. The van der Waals surface area contributed by atoms with Gasteiger partial charge in [-0.05, 0) is 42.7 Å². The number of carbonyl (C=O) groups is 3. The zero-order chi connectivity index (χ0) is 20.5. The molecule has 0 saturated carbocycles. The fourth-order valence-electron chi connectivity index (χ4n) is 3.23. The summed E-state index contributed by atoms with van der Waals surface area (Å²) in [7, 11) is 0. The lowest BCUT2D eigenvalue weighted by atomic mass is 9.91. The summed E-state index contributed by atoms with van der Waals surface area (Å²) in [6.45, 7) is 3.08. The van der Waals surface area contributed by atoms with E-state index < -0.39 is 41.4 Å². The molecular formula is C21H20F2N2O3. The van der Waals surface area contributed by atoms with E-state index in [1.165, 1.54) is 0 Å². The highest BCUT2D eigenvalue weighted by Gasteiger charge is 2.49. The number of nitrogens with one attached hydrogen (secondary N) is 1. The Bertz CT molecular complexity index is 943. The van der Waals surface area contributed by atoms with Crippen LogP contribution in [0.4, 0.5) is 13.6 Å². The van der Waals surface area contributed by atoms with E-state index in [9.17, 15) is 23.2 Å². The largest absolute Gasteiger partial charge is 0.325 e. The number of nitrogens with zero attached hydrogens (tertiary/aromatic N) is 1. The summed E-state index contributed by atoms with van der Waals surface area (Å²) in [6, 6.07) is 9.36. The van der Waals surface area contributed by atoms with Crippen LogP contribution in [0.2, 0.25) is 0 Å². The molecule has 1 aliphatic heterocycles. The van der Waals surface area contributed by atoms with Crippen molar-refractivity contribution in [1.82, 2.24) is 10.2 Å². The van der Waals surface area contributed by atoms with E-state index >= 15 is 0 Å². The van der Waals surface area contributed by atoms with Crippen molar-refractivity contribution in [2.75, 3.05) is 6.54 Å². The Hall–Kier alpha value is -3.09. The third-order valence-corrected chi connectivity index (χ3v) is 4.89. The van der Waals surface area contributed by atoms with Gasteiger partial charge in [0, 0.05) is 5.56 Å². The average molecular weight is 386 g/mol. The van der Waals surface area contributed by atoms with Crippen LogP contribution in [0.15, 0.2) is 42.5 Å². The minimum Gasteiger partial charge on any atom is -0.319 e. The summed E-state index contributed by atoms with van der Waals surface area (Å²) in [5.74, 6) is -3.48. The molecule has 5 nitrogen and oxygen atoms in total. The molecule has 2 aromatic carbocycles. The molecule has 1 fully saturated rings. The van der Waals surface area contributed by atoms with Gasteiger partial charge in [-0.15, -0.1) is 0 Å². The summed E-state index contributed by atoms with van der Waals surface area (Å²) >= 11 is 0. The Labute approximate surface area is 161 Å². The molecule has 1 aliphatic rings. The van der Waals surface area contributed by atoms with Crippen LogP contribution in [0.3, 0.4) is 0 Å². The van der Waals surface area contributed by atoms with Crippen molar-refractivity contribution < 1.29 is 23.2 Å². The number of aryl methyl sites for hydroxylation is 1. The minimum absolute atomic E-state index is 0.114. The summed E-state index contributed by atoms with van der Waals surface area (Å²) in [6.07, 6.45) is 1.90.